The van der Waals surface area contributed by atoms with Gasteiger partial charge in [0.1, 0.15) is 5.60 Å². The van der Waals surface area contributed by atoms with E-state index >= 15 is 0 Å². The summed E-state index contributed by atoms with van der Waals surface area (Å²) in [4.78, 5) is 23.1. The van der Waals surface area contributed by atoms with Crippen LogP contribution in [0.4, 0.5) is 0 Å². The summed E-state index contributed by atoms with van der Waals surface area (Å²) in [6, 6.07) is -0.513. The fourth-order valence-corrected chi connectivity index (χ4v) is 2.21. The number of esters is 1. The van der Waals surface area contributed by atoms with Gasteiger partial charge in [-0.3, -0.25) is 9.59 Å². The van der Waals surface area contributed by atoms with E-state index in [4.69, 9.17) is 10.5 Å². The summed E-state index contributed by atoms with van der Waals surface area (Å²) < 4.78 is 5.31. The SMILES string of the molecule is CC(C)(C)OC(=O)[C@@H]1CCC(C)(C(=O)O)[C@@H](N)C1. The van der Waals surface area contributed by atoms with E-state index in [-0.39, 0.29) is 11.9 Å². The number of carboxylic acid groups (broad SMARTS) is 1. The van der Waals surface area contributed by atoms with Crippen molar-refractivity contribution in [1.82, 2.24) is 0 Å². The highest BCUT2D eigenvalue weighted by molar-refractivity contribution is 5.77. The lowest BCUT2D eigenvalue weighted by atomic mass is 9.68. The van der Waals surface area contributed by atoms with Crippen molar-refractivity contribution < 1.29 is 19.4 Å². The maximum Gasteiger partial charge on any atom is 0.310 e. The van der Waals surface area contributed by atoms with Gasteiger partial charge in [-0.15, -0.1) is 0 Å². The van der Waals surface area contributed by atoms with Crippen LogP contribution in [0.15, 0.2) is 0 Å². The highest BCUT2D eigenvalue weighted by Crippen LogP contribution is 2.38. The van der Waals surface area contributed by atoms with Crippen LogP contribution in [-0.2, 0) is 14.3 Å². The molecule has 0 aromatic carbocycles. The molecule has 3 N–H and O–H groups in total. The molecule has 18 heavy (non-hydrogen) atoms. The lowest BCUT2D eigenvalue weighted by Crippen LogP contribution is -2.51. The largest absolute Gasteiger partial charge is 0.481 e. The Balaban J connectivity index is 2.67. The van der Waals surface area contributed by atoms with Gasteiger partial charge in [-0.05, 0) is 47.0 Å². The second-order valence-electron chi connectivity index (χ2n) is 6.33. The summed E-state index contributed by atoms with van der Waals surface area (Å²) in [5, 5.41) is 9.18. The number of hydrogen-bond donors (Lipinski definition) is 2. The van der Waals surface area contributed by atoms with E-state index in [9.17, 15) is 14.7 Å². The first kappa shape index (κ1) is 15.0. The lowest BCUT2D eigenvalue weighted by Gasteiger charge is -2.39. The maximum absolute atomic E-state index is 11.9. The van der Waals surface area contributed by atoms with E-state index < -0.39 is 23.0 Å². The van der Waals surface area contributed by atoms with Crippen molar-refractivity contribution in [2.45, 2.75) is 58.6 Å². The van der Waals surface area contributed by atoms with Crippen LogP contribution in [0.3, 0.4) is 0 Å². The second kappa shape index (κ2) is 4.88. The van der Waals surface area contributed by atoms with Crippen LogP contribution < -0.4 is 5.73 Å². The van der Waals surface area contributed by atoms with Gasteiger partial charge >= 0.3 is 11.9 Å². The molecule has 0 spiro atoms. The number of carbonyl (C=O) groups excluding carboxylic acids is 1. The van der Waals surface area contributed by atoms with E-state index in [1.807, 2.05) is 20.8 Å². The van der Waals surface area contributed by atoms with Gasteiger partial charge in [0.15, 0.2) is 0 Å². The minimum absolute atomic E-state index is 0.273. The monoisotopic (exact) mass is 257 g/mol. The molecule has 1 saturated carbocycles. The Bertz CT molecular complexity index is 347. The van der Waals surface area contributed by atoms with Gasteiger partial charge in [0, 0.05) is 6.04 Å². The van der Waals surface area contributed by atoms with Crippen LogP contribution in [0, 0.1) is 11.3 Å². The Labute approximate surface area is 108 Å². The summed E-state index contributed by atoms with van der Waals surface area (Å²) >= 11 is 0. The Kier molecular flexibility index (Phi) is 4.05. The van der Waals surface area contributed by atoms with Crippen molar-refractivity contribution in [3.05, 3.63) is 0 Å². The molecule has 5 nitrogen and oxygen atoms in total. The minimum atomic E-state index is -0.932. The molecule has 0 amide bonds. The molecular formula is C13H23NO4. The predicted octanol–water partition coefficient (Wildman–Crippen LogP) is 1.55. The average molecular weight is 257 g/mol. The number of carbonyl (C=O) groups is 2. The molecule has 0 aromatic heterocycles. The van der Waals surface area contributed by atoms with E-state index in [0.717, 1.165) is 0 Å². The second-order valence-corrected chi connectivity index (χ2v) is 6.33. The Morgan fingerprint density at radius 1 is 1.39 bits per heavy atom. The molecule has 1 aliphatic carbocycles. The van der Waals surface area contributed by atoms with Crippen molar-refractivity contribution in [2.75, 3.05) is 0 Å². The summed E-state index contributed by atoms with van der Waals surface area (Å²) in [6.45, 7) is 7.09. The molecule has 3 atom stereocenters. The summed E-state index contributed by atoms with van der Waals surface area (Å²) in [7, 11) is 0. The number of aliphatic carboxylic acids is 1. The zero-order valence-corrected chi connectivity index (χ0v) is 11.5. The molecule has 5 heteroatoms. The highest BCUT2D eigenvalue weighted by Gasteiger charge is 2.46. The summed E-state index contributed by atoms with van der Waals surface area (Å²) in [5.41, 5.74) is 4.47. The zero-order chi connectivity index (χ0) is 14.1. The lowest BCUT2D eigenvalue weighted by molar-refractivity contribution is -0.165. The molecule has 1 fully saturated rings. The standard InChI is InChI=1S/C13H23NO4/c1-12(2,3)18-10(15)8-5-6-13(4,11(16)17)9(14)7-8/h8-9H,5-7,14H2,1-4H3,(H,16,17)/t8-,9+,13?/m1/s1. The molecule has 0 radical (unpaired) electrons. The highest BCUT2D eigenvalue weighted by atomic mass is 16.6. The average Bonchev–Trinajstić information content (AvgIpc) is 2.19. The number of hydrogen-bond acceptors (Lipinski definition) is 4. The van der Waals surface area contributed by atoms with E-state index in [1.165, 1.54) is 0 Å². The smallest absolute Gasteiger partial charge is 0.310 e. The van der Waals surface area contributed by atoms with Crippen LogP contribution in [0.2, 0.25) is 0 Å². The third-order valence-electron chi connectivity index (χ3n) is 3.60. The third-order valence-corrected chi connectivity index (χ3v) is 3.60. The minimum Gasteiger partial charge on any atom is -0.481 e. The Morgan fingerprint density at radius 2 is 1.94 bits per heavy atom. The van der Waals surface area contributed by atoms with Gasteiger partial charge in [-0.1, -0.05) is 0 Å². The first-order valence-electron chi connectivity index (χ1n) is 6.28. The molecule has 0 aromatic rings. The van der Waals surface area contributed by atoms with Gasteiger partial charge in [0.2, 0.25) is 0 Å². The maximum atomic E-state index is 11.9. The van der Waals surface area contributed by atoms with Crippen molar-refractivity contribution in [3.63, 3.8) is 0 Å². The van der Waals surface area contributed by atoms with Crippen LogP contribution in [0.25, 0.3) is 0 Å². The van der Waals surface area contributed by atoms with Gasteiger partial charge in [-0.25, -0.2) is 0 Å². The number of carboxylic acids is 1. The van der Waals surface area contributed by atoms with Crippen LogP contribution in [-0.4, -0.2) is 28.7 Å². The van der Waals surface area contributed by atoms with E-state index in [0.29, 0.717) is 19.3 Å². The number of rotatable bonds is 2. The molecule has 1 unspecified atom stereocenters. The normalized spacial score (nSPS) is 32.9. The first-order chi connectivity index (χ1) is 8.06. The molecule has 0 bridgehead atoms. The topological polar surface area (TPSA) is 89.6 Å². The molecule has 1 rings (SSSR count). The van der Waals surface area contributed by atoms with Gasteiger partial charge < -0.3 is 15.6 Å². The zero-order valence-electron chi connectivity index (χ0n) is 11.5. The van der Waals surface area contributed by atoms with Crippen molar-refractivity contribution in [2.24, 2.45) is 17.1 Å². The molecule has 1 aliphatic rings. The van der Waals surface area contributed by atoms with Gasteiger partial charge in [0.05, 0.1) is 11.3 Å². The molecule has 0 saturated heterocycles. The van der Waals surface area contributed by atoms with Crippen molar-refractivity contribution in [1.29, 1.82) is 0 Å². The van der Waals surface area contributed by atoms with Crippen LogP contribution >= 0.6 is 0 Å². The quantitative estimate of drug-likeness (QED) is 0.732. The van der Waals surface area contributed by atoms with Crippen molar-refractivity contribution >= 4 is 11.9 Å². The number of nitrogens with two attached hydrogens (primary N) is 1. The Morgan fingerprint density at radius 3 is 2.33 bits per heavy atom. The van der Waals surface area contributed by atoms with Crippen molar-refractivity contribution in [3.8, 4) is 0 Å². The first-order valence-corrected chi connectivity index (χ1v) is 6.28. The Hall–Kier alpha value is -1.10. The summed E-state index contributed by atoms with van der Waals surface area (Å²) in [6.07, 6.45) is 1.30. The van der Waals surface area contributed by atoms with E-state index in [2.05, 4.69) is 0 Å². The number of ether oxygens (including phenoxy) is 1. The fraction of sp³-hybridized carbons (Fsp3) is 0.846. The fourth-order valence-electron chi connectivity index (χ4n) is 2.21. The van der Waals surface area contributed by atoms with E-state index in [1.54, 1.807) is 6.92 Å². The van der Waals surface area contributed by atoms with Gasteiger partial charge in [0.25, 0.3) is 0 Å². The molecule has 0 aliphatic heterocycles. The predicted molar refractivity (Wildman–Crippen MR) is 66.9 cm³/mol. The van der Waals surface area contributed by atoms with Crippen LogP contribution in [0.1, 0.15) is 47.0 Å². The third kappa shape index (κ3) is 3.22. The molecule has 104 valence electrons. The summed E-state index contributed by atoms with van der Waals surface area (Å²) in [5.74, 6) is -1.45. The van der Waals surface area contributed by atoms with Crippen LogP contribution in [0.5, 0.6) is 0 Å². The molecular weight excluding hydrogens is 234 g/mol. The van der Waals surface area contributed by atoms with Gasteiger partial charge in [-0.2, -0.15) is 0 Å². The molecule has 0 heterocycles.